The van der Waals surface area contributed by atoms with Crippen LogP contribution in [-0.4, -0.2) is 24.6 Å². The molecule has 5 rings (SSSR count). The lowest BCUT2D eigenvalue weighted by Gasteiger charge is -1.96. The second kappa shape index (κ2) is 4.81. The number of benzene rings is 2. The zero-order valence-corrected chi connectivity index (χ0v) is 14.0. The molecule has 0 unspecified atom stereocenters. The van der Waals surface area contributed by atoms with Crippen LogP contribution in [0.1, 0.15) is 0 Å². The van der Waals surface area contributed by atoms with E-state index in [0.29, 0.717) is 5.82 Å². The van der Waals surface area contributed by atoms with Gasteiger partial charge in [0.25, 0.3) is 0 Å². The number of fused-ring (bicyclic) bond motifs is 4. The van der Waals surface area contributed by atoms with Gasteiger partial charge in [-0.05, 0) is 24.3 Å². The van der Waals surface area contributed by atoms with Gasteiger partial charge in [-0.2, -0.15) is 9.50 Å². The zero-order chi connectivity index (χ0) is 15.4. The molecule has 0 aliphatic rings. The van der Waals surface area contributed by atoms with E-state index in [0.717, 1.165) is 36.5 Å². The van der Waals surface area contributed by atoms with Crippen LogP contribution < -0.4 is 0 Å². The number of hydrogen-bond donors (Lipinski definition) is 0. The van der Waals surface area contributed by atoms with E-state index in [9.17, 15) is 0 Å². The summed E-state index contributed by atoms with van der Waals surface area (Å²) in [6, 6.07) is 15.8. The first-order chi connectivity index (χ1) is 11.3. The van der Waals surface area contributed by atoms with E-state index in [1.807, 2.05) is 48.5 Å². The van der Waals surface area contributed by atoms with Crippen molar-refractivity contribution in [2.45, 2.75) is 0 Å². The van der Waals surface area contributed by atoms with Crippen LogP contribution in [0.4, 0.5) is 0 Å². The van der Waals surface area contributed by atoms with Crippen molar-refractivity contribution in [3.05, 3.63) is 53.0 Å². The topological polar surface area (TPSA) is 56.0 Å². The van der Waals surface area contributed by atoms with E-state index < -0.39 is 0 Å². The summed E-state index contributed by atoms with van der Waals surface area (Å²) in [6.45, 7) is 0. The Kier molecular flexibility index (Phi) is 2.74. The summed E-state index contributed by atoms with van der Waals surface area (Å²) in [5.74, 6) is 0.695. The van der Waals surface area contributed by atoms with Gasteiger partial charge >= 0.3 is 0 Å². The quantitative estimate of drug-likeness (QED) is 0.433. The van der Waals surface area contributed by atoms with Crippen LogP contribution in [0.3, 0.4) is 0 Å². The van der Waals surface area contributed by atoms with Gasteiger partial charge in [-0.1, -0.05) is 51.5 Å². The Balaban J connectivity index is 1.76. The van der Waals surface area contributed by atoms with E-state index in [4.69, 9.17) is 0 Å². The molecule has 5 aromatic rings. The number of thiazole rings is 1. The monoisotopic (exact) mass is 381 g/mol. The summed E-state index contributed by atoms with van der Waals surface area (Å²) in [5.41, 5.74) is 3.48. The van der Waals surface area contributed by atoms with Crippen molar-refractivity contribution in [1.29, 1.82) is 0 Å². The fourth-order valence-corrected chi connectivity index (χ4v) is 3.64. The summed E-state index contributed by atoms with van der Waals surface area (Å²) in [5, 5.41) is 4.61. The molecule has 3 heterocycles. The zero-order valence-electron chi connectivity index (χ0n) is 11.6. The Labute approximate surface area is 142 Å². The summed E-state index contributed by atoms with van der Waals surface area (Å²) >= 11 is 4.94. The average Bonchev–Trinajstić information content (AvgIpc) is 3.11. The molecule has 0 spiro atoms. The van der Waals surface area contributed by atoms with E-state index in [2.05, 4.69) is 36.0 Å². The molecule has 110 valence electrons. The van der Waals surface area contributed by atoms with Crippen molar-refractivity contribution >= 4 is 53.7 Å². The highest BCUT2D eigenvalue weighted by Crippen LogP contribution is 2.27. The van der Waals surface area contributed by atoms with Crippen molar-refractivity contribution in [1.82, 2.24) is 24.6 Å². The highest BCUT2D eigenvalue weighted by Gasteiger charge is 2.14. The van der Waals surface area contributed by atoms with Crippen LogP contribution >= 0.6 is 27.3 Å². The van der Waals surface area contributed by atoms with Gasteiger partial charge in [0.05, 0.1) is 11.0 Å². The van der Waals surface area contributed by atoms with Gasteiger partial charge in [0.2, 0.25) is 4.96 Å². The third-order valence-corrected chi connectivity index (χ3v) is 5.03. The minimum absolute atomic E-state index is 0.695. The van der Waals surface area contributed by atoms with Crippen LogP contribution in [0.2, 0.25) is 0 Å². The summed E-state index contributed by atoms with van der Waals surface area (Å²) in [4.78, 5) is 15.6. The predicted molar refractivity (Wildman–Crippen MR) is 94.6 cm³/mol. The molecule has 5 nitrogen and oxygen atoms in total. The van der Waals surface area contributed by atoms with Crippen molar-refractivity contribution in [2.75, 3.05) is 0 Å². The molecule has 0 aliphatic heterocycles. The van der Waals surface area contributed by atoms with Crippen LogP contribution in [0.5, 0.6) is 0 Å². The minimum atomic E-state index is 0.695. The molecule has 0 aliphatic carbocycles. The maximum absolute atomic E-state index is 4.69. The predicted octanol–water partition coefficient (Wildman–Crippen LogP) is 4.32. The van der Waals surface area contributed by atoms with Crippen LogP contribution in [-0.2, 0) is 0 Å². The van der Waals surface area contributed by atoms with Crippen molar-refractivity contribution in [3.8, 4) is 11.4 Å². The highest BCUT2D eigenvalue weighted by molar-refractivity contribution is 9.10. The van der Waals surface area contributed by atoms with Crippen molar-refractivity contribution in [3.63, 3.8) is 0 Å². The van der Waals surface area contributed by atoms with Crippen LogP contribution in [0.25, 0.3) is 37.9 Å². The summed E-state index contributed by atoms with van der Waals surface area (Å²) in [6.07, 6.45) is 0. The lowest BCUT2D eigenvalue weighted by molar-refractivity contribution is 1.00. The Bertz CT molecular complexity index is 1180. The van der Waals surface area contributed by atoms with E-state index in [1.165, 1.54) is 11.3 Å². The van der Waals surface area contributed by atoms with Gasteiger partial charge in [0.15, 0.2) is 16.3 Å². The lowest BCUT2D eigenvalue weighted by Crippen LogP contribution is -1.90. The molecule has 0 amide bonds. The first kappa shape index (κ1) is 13.1. The normalized spacial score (nSPS) is 11.7. The van der Waals surface area contributed by atoms with Crippen molar-refractivity contribution in [2.24, 2.45) is 0 Å². The SMILES string of the molecule is Brc1ccc(-c2nc3sc4nc5ccccc5nc4n3n2)cc1. The second-order valence-electron chi connectivity index (χ2n) is 5.08. The third-order valence-electron chi connectivity index (χ3n) is 3.59. The van der Waals surface area contributed by atoms with Crippen LogP contribution in [0.15, 0.2) is 53.0 Å². The van der Waals surface area contributed by atoms with E-state index in [-0.39, 0.29) is 0 Å². The molecule has 0 atom stereocenters. The van der Waals surface area contributed by atoms with Gasteiger partial charge in [0, 0.05) is 10.0 Å². The first-order valence-electron chi connectivity index (χ1n) is 6.96. The number of rotatable bonds is 1. The molecule has 7 heteroatoms. The summed E-state index contributed by atoms with van der Waals surface area (Å²) < 4.78 is 2.81. The first-order valence-corrected chi connectivity index (χ1v) is 8.57. The van der Waals surface area contributed by atoms with Gasteiger partial charge < -0.3 is 0 Å². The molecule has 0 fully saturated rings. The molecule has 0 saturated carbocycles. The molecule has 0 N–H and O–H groups in total. The molecule has 0 saturated heterocycles. The molecule has 0 radical (unpaired) electrons. The Morgan fingerprint density at radius 3 is 2.39 bits per heavy atom. The number of halogens is 1. The fraction of sp³-hybridized carbons (Fsp3) is 0. The minimum Gasteiger partial charge on any atom is -0.232 e. The Morgan fingerprint density at radius 2 is 1.61 bits per heavy atom. The fourth-order valence-electron chi connectivity index (χ4n) is 2.49. The number of hydrogen-bond acceptors (Lipinski definition) is 5. The van der Waals surface area contributed by atoms with Gasteiger partial charge in [-0.15, -0.1) is 5.10 Å². The van der Waals surface area contributed by atoms with Crippen molar-refractivity contribution < 1.29 is 0 Å². The molecule has 0 bridgehead atoms. The standard InChI is InChI=1S/C16H8BrN5S/c17-10-7-5-9(6-8-10)13-20-16-22(21-13)14-15(23-16)19-12-4-2-1-3-11(12)18-14/h1-8H. The third kappa shape index (κ3) is 2.04. The van der Waals surface area contributed by atoms with E-state index in [1.54, 1.807) is 4.52 Å². The molecule has 3 aromatic heterocycles. The summed E-state index contributed by atoms with van der Waals surface area (Å²) in [7, 11) is 0. The van der Waals surface area contributed by atoms with E-state index >= 15 is 0 Å². The van der Waals surface area contributed by atoms with Gasteiger partial charge in [-0.25, -0.2) is 9.97 Å². The Morgan fingerprint density at radius 1 is 0.870 bits per heavy atom. The molecule has 2 aromatic carbocycles. The van der Waals surface area contributed by atoms with Crippen LogP contribution in [0, 0.1) is 0 Å². The average molecular weight is 382 g/mol. The number of para-hydroxylation sites is 2. The molecular formula is C16H8BrN5S. The molecule has 23 heavy (non-hydrogen) atoms. The largest absolute Gasteiger partial charge is 0.232 e. The number of nitrogens with zero attached hydrogens (tertiary/aromatic N) is 5. The molecular weight excluding hydrogens is 374 g/mol. The number of aromatic nitrogens is 5. The Hall–Kier alpha value is -2.38. The van der Waals surface area contributed by atoms with Gasteiger partial charge in [0.1, 0.15) is 0 Å². The highest BCUT2D eigenvalue weighted by atomic mass is 79.9. The maximum Gasteiger partial charge on any atom is 0.216 e. The maximum atomic E-state index is 4.69. The second-order valence-corrected chi connectivity index (χ2v) is 6.95. The van der Waals surface area contributed by atoms with Gasteiger partial charge in [-0.3, -0.25) is 0 Å². The smallest absolute Gasteiger partial charge is 0.216 e. The lowest BCUT2D eigenvalue weighted by atomic mass is 10.2.